The van der Waals surface area contributed by atoms with Crippen molar-refractivity contribution in [3.05, 3.63) is 120 Å². The largest absolute Gasteiger partial charge is 0.485 e. The molecule has 0 saturated carbocycles. The Kier molecular flexibility index (Phi) is 4.10. The molecule has 4 aromatic rings. The minimum atomic E-state index is 0.128. The van der Waals surface area contributed by atoms with E-state index in [0.717, 1.165) is 39.7 Å². The summed E-state index contributed by atoms with van der Waals surface area (Å²) in [6.45, 7) is 0. The van der Waals surface area contributed by atoms with Crippen molar-refractivity contribution >= 4 is 27.4 Å². The van der Waals surface area contributed by atoms with Gasteiger partial charge in [0.25, 0.3) is 0 Å². The van der Waals surface area contributed by atoms with E-state index in [-0.39, 0.29) is 6.10 Å². The van der Waals surface area contributed by atoms with E-state index in [4.69, 9.17) is 9.72 Å². The van der Waals surface area contributed by atoms with Gasteiger partial charge in [0, 0.05) is 34.4 Å². The predicted molar refractivity (Wildman–Crippen MR) is 133 cm³/mol. The zero-order valence-corrected chi connectivity index (χ0v) is 18.1. The van der Waals surface area contributed by atoms with Gasteiger partial charge in [-0.05, 0) is 41.8 Å². The highest BCUT2D eigenvalue weighted by atomic mass is 16.5. The highest BCUT2D eigenvalue weighted by Crippen LogP contribution is 2.43. The van der Waals surface area contributed by atoms with Crippen LogP contribution in [0, 0.1) is 0 Å². The summed E-state index contributed by atoms with van der Waals surface area (Å²) in [5.74, 6) is 1.65. The fourth-order valence-electron chi connectivity index (χ4n) is 5.29. The van der Waals surface area contributed by atoms with E-state index in [1.165, 1.54) is 16.7 Å². The van der Waals surface area contributed by atoms with Crippen LogP contribution < -0.4 is 4.74 Å². The number of benzene rings is 2. The van der Waals surface area contributed by atoms with Gasteiger partial charge in [0.1, 0.15) is 11.9 Å². The molecule has 3 aliphatic rings. The number of nitrogens with zero attached hydrogens (tertiary/aromatic N) is 2. The Morgan fingerprint density at radius 1 is 0.818 bits per heavy atom. The van der Waals surface area contributed by atoms with E-state index in [9.17, 15) is 0 Å². The van der Waals surface area contributed by atoms with E-state index >= 15 is 0 Å². The number of hydrogen-bond acceptors (Lipinski definition) is 3. The maximum Gasteiger partial charge on any atom is 0.128 e. The monoisotopic (exact) mass is 426 g/mol. The fraction of sp³-hybridized carbons (Fsp3) is 0.133. The van der Waals surface area contributed by atoms with Gasteiger partial charge in [-0.25, -0.2) is 4.98 Å². The summed E-state index contributed by atoms with van der Waals surface area (Å²) in [5, 5.41) is 2.24. The number of allylic oxidation sites excluding steroid dienone is 6. The Morgan fingerprint density at radius 2 is 1.70 bits per heavy atom. The Hall–Kier alpha value is -3.98. The molecular weight excluding hydrogens is 404 g/mol. The Morgan fingerprint density at radius 3 is 2.67 bits per heavy atom. The van der Waals surface area contributed by atoms with E-state index in [0.29, 0.717) is 11.8 Å². The van der Waals surface area contributed by atoms with Crippen molar-refractivity contribution in [3.8, 4) is 5.75 Å². The number of aromatic nitrogens is 2. The Balaban J connectivity index is 1.23. The van der Waals surface area contributed by atoms with Gasteiger partial charge in [0.05, 0.1) is 16.7 Å². The van der Waals surface area contributed by atoms with Crippen molar-refractivity contribution < 1.29 is 4.74 Å². The molecule has 2 aromatic heterocycles. The van der Waals surface area contributed by atoms with Crippen molar-refractivity contribution in [1.29, 1.82) is 0 Å². The van der Waals surface area contributed by atoms with Gasteiger partial charge in [0.2, 0.25) is 0 Å². The van der Waals surface area contributed by atoms with Crippen LogP contribution in [0.3, 0.4) is 0 Å². The van der Waals surface area contributed by atoms with Crippen LogP contribution in [0.25, 0.3) is 27.4 Å². The summed E-state index contributed by atoms with van der Waals surface area (Å²) in [5.41, 5.74) is 6.84. The van der Waals surface area contributed by atoms with E-state index < -0.39 is 0 Å². The highest BCUT2D eigenvalue weighted by Gasteiger charge is 2.32. The second kappa shape index (κ2) is 7.28. The van der Waals surface area contributed by atoms with Crippen molar-refractivity contribution in [3.63, 3.8) is 0 Å². The number of rotatable bonds is 2. The van der Waals surface area contributed by atoms with Crippen molar-refractivity contribution in [2.75, 3.05) is 0 Å². The minimum Gasteiger partial charge on any atom is -0.485 e. The van der Waals surface area contributed by atoms with E-state index in [2.05, 4.69) is 96.0 Å². The SMILES string of the molecule is C1=CC(c2ccc3c(c2)C2C=CC=CC2O3)CC(c2ccc3ccc4cccnc4c3n2)=C1. The zero-order valence-electron chi connectivity index (χ0n) is 18.1. The van der Waals surface area contributed by atoms with Gasteiger partial charge in [-0.2, -0.15) is 0 Å². The normalized spacial score (nSPS) is 22.8. The standard InChI is InChI=1S/C30H22N2O/c1-2-9-27-24(8-1)25-18-22(13-15-28(25)33-27)21-5-3-6-23(17-21)26-14-12-20-11-10-19-7-4-16-31-29(19)30(20)32-26/h1-16,18,21,24,27H,17H2. The average molecular weight is 427 g/mol. The first-order valence-corrected chi connectivity index (χ1v) is 11.5. The molecule has 2 aromatic carbocycles. The van der Waals surface area contributed by atoms with Crippen molar-refractivity contribution in [2.45, 2.75) is 24.4 Å². The smallest absolute Gasteiger partial charge is 0.128 e. The van der Waals surface area contributed by atoms with Crippen LogP contribution in [-0.2, 0) is 0 Å². The predicted octanol–water partition coefficient (Wildman–Crippen LogP) is 6.88. The topological polar surface area (TPSA) is 35.0 Å². The molecule has 158 valence electrons. The maximum atomic E-state index is 6.14. The molecule has 0 spiro atoms. The lowest BCUT2D eigenvalue weighted by Gasteiger charge is -2.20. The first-order chi connectivity index (χ1) is 16.3. The summed E-state index contributed by atoms with van der Waals surface area (Å²) < 4.78 is 6.14. The van der Waals surface area contributed by atoms with Crippen LogP contribution >= 0.6 is 0 Å². The van der Waals surface area contributed by atoms with Crippen LogP contribution in [0.1, 0.15) is 35.1 Å². The molecule has 7 rings (SSSR count). The summed E-state index contributed by atoms with van der Waals surface area (Å²) in [7, 11) is 0. The fourth-order valence-corrected chi connectivity index (χ4v) is 5.29. The molecule has 1 aliphatic heterocycles. The molecule has 0 radical (unpaired) electrons. The number of hydrogen-bond donors (Lipinski definition) is 0. The molecule has 0 bridgehead atoms. The molecule has 0 N–H and O–H groups in total. The van der Waals surface area contributed by atoms with E-state index in [1.54, 1.807) is 0 Å². The third-order valence-corrected chi connectivity index (χ3v) is 7.01. The number of ether oxygens (including phenoxy) is 1. The van der Waals surface area contributed by atoms with Gasteiger partial charge in [-0.15, -0.1) is 0 Å². The first kappa shape index (κ1) is 18.6. The number of fused-ring (bicyclic) bond motifs is 6. The summed E-state index contributed by atoms with van der Waals surface area (Å²) >= 11 is 0. The third-order valence-electron chi connectivity index (χ3n) is 7.01. The van der Waals surface area contributed by atoms with Gasteiger partial charge in [-0.3, -0.25) is 4.98 Å². The van der Waals surface area contributed by atoms with Crippen LogP contribution in [0.2, 0.25) is 0 Å². The molecule has 33 heavy (non-hydrogen) atoms. The molecule has 2 aliphatic carbocycles. The second-order valence-electron chi connectivity index (χ2n) is 8.97. The highest BCUT2D eigenvalue weighted by molar-refractivity contribution is 6.03. The molecule has 3 nitrogen and oxygen atoms in total. The molecule has 3 heterocycles. The number of pyridine rings is 2. The molecule has 3 atom stereocenters. The van der Waals surface area contributed by atoms with E-state index in [1.807, 2.05) is 12.3 Å². The van der Waals surface area contributed by atoms with Gasteiger partial charge in [0.15, 0.2) is 0 Å². The van der Waals surface area contributed by atoms with Crippen molar-refractivity contribution in [1.82, 2.24) is 9.97 Å². The van der Waals surface area contributed by atoms with Gasteiger partial charge in [-0.1, -0.05) is 72.9 Å². The van der Waals surface area contributed by atoms with Crippen LogP contribution in [0.4, 0.5) is 0 Å². The van der Waals surface area contributed by atoms with Crippen LogP contribution in [-0.4, -0.2) is 16.1 Å². The Bertz CT molecular complexity index is 1540. The summed E-state index contributed by atoms with van der Waals surface area (Å²) in [6, 6.07) is 19.3. The third kappa shape index (κ3) is 3.04. The lowest BCUT2D eigenvalue weighted by Crippen LogP contribution is -2.15. The molecule has 0 saturated heterocycles. The van der Waals surface area contributed by atoms with Crippen LogP contribution in [0.15, 0.2) is 103 Å². The molecule has 0 fully saturated rings. The molecule has 3 heteroatoms. The van der Waals surface area contributed by atoms with Gasteiger partial charge >= 0.3 is 0 Å². The maximum absolute atomic E-state index is 6.14. The van der Waals surface area contributed by atoms with Crippen LogP contribution in [0.5, 0.6) is 5.75 Å². The summed E-state index contributed by atoms with van der Waals surface area (Å²) in [4.78, 5) is 9.67. The summed E-state index contributed by atoms with van der Waals surface area (Å²) in [6.07, 6.45) is 18.2. The molecule has 0 amide bonds. The average Bonchev–Trinajstić information content (AvgIpc) is 3.26. The molecular formula is C30H22N2O. The quantitative estimate of drug-likeness (QED) is 0.328. The Labute approximate surface area is 192 Å². The first-order valence-electron chi connectivity index (χ1n) is 11.5. The van der Waals surface area contributed by atoms with Gasteiger partial charge < -0.3 is 4.74 Å². The minimum absolute atomic E-state index is 0.128. The lowest BCUT2D eigenvalue weighted by molar-refractivity contribution is 0.269. The zero-order chi connectivity index (χ0) is 21.8. The van der Waals surface area contributed by atoms with Crippen molar-refractivity contribution in [2.24, 2.45) is 0 Å². The lowest BCUT2D eigenvalue weighted by atomic mass is 9.84. The molecule has 3 unspecified atom stereocenters. The second-order valence-corrected chi connectivity index (χ2v) is 8.97.